The summed E-state index contributed by atoms with van der Waals surface area (Å²) in [5, 5.41) is 17.6. The zero-order valence-corrected chi connectivity index (χ0v) is 15.3. The van der Waals surface area contributed by atoms with E-state index < -0.39 is 0 Å². The monoisotopic (exact) mass is 415 g/mol. The molecule has 0 saturated heterocycles. The maximum Gasteiger partial charge on any atom is 0.269 e. The molecule has 0 unspecified atom stereocenters. The number of amides is 1. The summed E-state index contributed by atoms with van der Waals surface area (Å²) in [6.07, 6.45) is 1.59. The van der Waals surface area contributed by atoms with Gasteiger partial charge in [-0.3, -0.25) is 9.48 Å². The number of nitrogens with zero attached hydrogens (tertiary/aromatic N) is 4. The van der Waals surface area contributed by atoms with Crippen molar-refractivity contribution in [3.05, 3.63) is 40.6 Å². The van der Waals surface area contributed by atoms with Gasteiger partial charge in [0.2, 0.25) is 0 Å². The third-order valence-electron chi connectivity index (χ3n) is 4.04. The highest BCUT2D eigenvalue weighted by Gasteiger charge is 2.21. The number of nitrogens with one attached hydrogen (secondary N) is 1. The number of carbonyl (C=O) groups excluding carboxylic acids is 1. The Bertz CT molecular complexity index is 1020. The Morgan fingerprint density at radius 1 is 1.31 bits per heavy atom. The standard InChI is InChI=1S/C17H14BrN5O3/c1-26-14-7-9(18)6-10(15(14)24)16-19-3-2-11(21-16)12-8-13-17(25)20-4-5-23(13)22-12/h2-3,6-8,24H,4-5H2,1H3,(H,20,25). The molecule has 4 rings (SSSR count). The zero-order chi connectivity index (χ0) is 18.3. The van der Waals surface area contributed by atoms with E-state index in [9.17, 15) is 9.90 Å². The lowest BCUT2D eigenvalue weighted by molar-refractivity contribution is 0.0924. The number of hydrogen-bond acceptors (Lipinski definition) is 6. The molecule has 8 nitrogen and oxygen atoms in total. The number of hydrogen-bond donors (Lipinski definition) is 2. The van der Waals surface area contributed by atoms with Gasteiger partial charge >= 0.3 is 0 Å². The van der Waals surface area contributed by atoms with Gasteiger partial charge in [0.15, 0.2) is 17.3 Å². The molecule has 0 fully saturated rings. The van der Waals surface area contributed by atoms with Crippen molar-refractivity contribution in [2.75, 3.05) is 13.7 Å². The third kappa shape index (κ3) is 2.80. The fraction of sp³-hybridized carbons (Fsp3) is 0.176. The predicted molar refractivity (Wildman–Crippen MR) is 96.9 cm³/mol. The highest BCUT2D eigenvalue weighted by atomic mass is 79.9. The first-order chi connectivity index (χ1) is 12.6. The second-order valence-electron chi connectivity index (χ2n) is 5.66. The van der Waals surface area contributed by atoms with Gasteiger partial charge < -0.3 is 15.2 Å². The molecule has 9 heteroatoms. The van der Waals surface area contributed by atoms with Gasteiger partial charge in [0, 0.05) is 17.2 Å². The molecular weight excluding hydrogens is 402 g/mol. The van der Waals surface area contributed by atoms with Gasteiger partial charge in [0.05, 0.1) is 24.9 Å². The molecular formula is C17H14BrN5O3. The summed E-state index contributed by atoms with van der Waals surface area (Å²) >= 11 is 3.39. The van der Waals surface area contributed by atoms with Gasteiger partial charge in [0.25, 0.3) is 5.91 Å². The van der Waals surface area contributed by atoms with Crippen LogP contribution in [0.5, 0.6) is 11.5 Å². The van der Waals surface area contributed by atoms with Crippen LogP contribution in [0.1, 0.15) is 10.5 Å². The minimum atomic E-state index is -0.154. The summed E-state index contributed by atoms with van der Waals surface area (Å²) in [5.74, 6) is 0.447. The van der Waals surface area contributed by atoms with Gasteiger partial charge in [-0.15, -0.1) is 0 Å². The van der Waals surface area contributed by atoms with Crippen LogP contribution in [0.15, 0.2) is 34.9 Å². The largest absolute Gasteiger partial charge is 0.504 e. The molecule has 3 heterocycles. The number of fused-ring (bicyclic) bond motifs is 1. The Labute approximate surface area is 157 Å². The predicted octanol–water partition coefficient (Wildman–Crippen LogP) is 2.23. The number of aromatic nitrogens is 4. The maximum absolute atomic E-state index is 11.9. The zero-order valence-electron chi connectivity index (χ0n) is 13.7. The molecule has 0 aliphatic carbocycles. The average Bonchev–Trinajstić information content (AvgIpc) is 3.09. The van der Waals surface area contributed by atoms with E-state index in [2.05, 4.69) is 36.3 Å². The summed E-state index contributed by atoms with van der Waals surface area (Å²) < 4.78 is 7.56. The van der Waals surface area contributed by atoms with Crippen molar-refractivity contribution in [2.24, 2.45) is 0 Å². The van der Waals surface area contributed by atoms with Crippen molar-refractivity contribution in [1.29, 1.82) is 0 Å². The van der Waals surface area contributed by atoms with Crippen LogP contribution in [0.3, 0.4) is 0 Å². The SMILES string of the molecule is COc1cc(Br)cc(-c2nccc(-c3cc4n(n3)CCNC4=O)n2)c1O. The van der Waals surface area contributed by atoms with Crippen LogP contribution in [-0.2, 0) is 6.54 Å². The van der Waals surface area contributed by atoms with Gasteiger partial charge in [-0.05, 0) is 24.3 Å². The minimum absolute atomic E-state index is 0.0450. The van der Waals surface area contributed by atoms with Crippen LogP contribution in [0.4, 0.5) is 0 Å². The first-order valence-corrected chi connectivity index (χ1v) is 8.62. The second kappa shape index (κ2) is 6.41. The Kier molecular flexibility index (Phi) is 4.08. The number of benzene rings is 1. The van der Waals surface area contributed by atoms with Crippen molar-refractivity contribution < 1.29 is 14.6 Å². The van der Waals surface area contributed by atoms with Gasteiger partial charge in [-0.2, -0.15) is 5.10 Å². The Morgan fingerprint density at radius 2 is 2.15 bits per heavy atom. The quantitative estimate of drug-likeness (QED) is 0.679. The lowest BCUT2D eigenvalue weighted by atomic mass is 10.1. The van der Waals surface area contributed by atoms with Gasteiger partial charge in [-0.1, -0.05) is 15.9 Å². The molecule has 1 aliphatic heterocycles. The molecule has 3 aromatic rings. The van der Waals surface area contributed by atoms with Crippen LogP contribution in [0, 0.1) is 0 Å². The van der Waals surface area contributed by atoms with E-state index >= 15 is 0 Å². The lowest BCUT2D eigenvalue weighted by Gasteiger charge is -2.13. The first kappa shape index (κ1) is 16.5. The van der Waals surface area contributed by atoms with Crippen LogP contribution in [0.25, 0.3) is 22.8 Å². The molecule has 2 aromatic heterocycles. The average molecular weight is 416 g/mol. The Hall–Kier alpha value is -2.94. The van der Waals surface area contributed by atoms with Crippen molar-refractivity contribution in [2.45, 2.75) is 6.54 Å². The van der Waals surface area contributed by atoms with E-state index in [0.717, 1.165) is 4.47 Å². The number of ether oxygens (including phenoxy) is 1. The number of halogens is 1. The molecule has 26 heavy (non-hydrogen) atoms. The Balaban J connectivity index is 1.79. The summed E-state index contributed by atoms with van der Waals surface area (Å²) in [6.45, 7) is 1.16. The summed E-state index contributed by atoms with van der Waals surface area (Å²) in [5.41, 5.74) is 2.06. The third-order valence-corrected chi connectivity index (χ3v) is 4.50. The molecule has 0 bridgehead atoms. The summed E-state index contributed by atoms with van der Waals surface area (Å²) in [7, 11) is 1.48. The highest BCUT2D eigenvalue weighted by Crippen LogP contribution is 2.38. The summed E-state index contributed by atoms with van der Waals surface area (Å²) in [4.78, 5) is 20.7. The van der Waals surface area contributed by atoms with Crippen LogP contribution in [0.2, 0.25) is 0 Å². The van der Waals surface area contributed by atoms with E-state index in [4.69, 9.17) is 4.74 Å². The van der Waals surface area contributed by atoms with Crippen molar-refractivity contribution in [1.82, 2.24) is 25.1 Å². The number of aromatic hydroxyl groups is 1. The van der Waals surface area contributed by atoms with Crippen LogP contribution >= 0.6 is 15.9 Å². The number of carbonyl (C=O) groups is 1. The van der Waals surface area contributed by atoms with Crippen LogP contribution < -0.4 is 10.1 Å². The van der Waals surface area contributed by atoms with E-state index in [1.807, 2.05) is 0 Å². The molecule has 2 N–H and O–H groups in total. The topological polar surface area (TPSA) is 102 Å². The first-order valence-electron chi connectivity index (χ1n) is 7.83. The normalized spacial score (nSPS) is 13.2. The van der Waals surface area contributed by atoms with E-state index in [0.29, 0.717) is 47.3 Å². The molecule has 0 saturated carbocycles. The fourth-order valence-corrected chi connectivity index (χ4v) is 3.23. The van der Waals surface area contributed by atoms with Gasteiger partial charge in [0.1, 0.15) is 11.4 Å². The number of rotatable bonds is 3. The second-order valence-corrected chi connectivity index (χ2v) is 6.58. The molecule has 0 radical (unpaired) electrons. The molecule has 132 valence electrons. The molecule has 0 atom stereocenters. The summed E-state index contributed by atoms with van der Waals surface area (Å²) in [6, 6.07) is 6.78. The van der Waals surface area contributed by atoms with E-state index in [1.54, 1.807) is 35.1 Å². The number of phenols is 1. The van der Waals surface area contributed by atoms with E-state index in [-0.39, 0.29) is 11.7 Å². The lowest BCUT2D eigenvalue weighted by Crippen LogP contribution is -2.35. The maximum atomic E-state index is 11.9. The number of methoxy groups -OCH3 is 1. The molecule has 1 aromatic carbocycles. The van der Waals surface area contributed by atoms with Crippen LogP contribution in [-0.4, -0.2) is 44.4 Å². The number of phenolic OH excluding ortho intramolecular Hbond substituents is 1. The van der Waals surface area contributed by atoms with E-state index in [1.165, 1.54) is 7.11 Å². The molecule has 0 spiro atoms. The van der Waals surface area contributed by atoms with Crippen molar-refractivity contribution in [3.63, 3.8) is 0 Å². The Morgan fingerprint density at radius 3 is 2.92 bits per heavy atom. The van der Waals surface area contributed by atoms with Crippen molar-refractivity contribution >= 4 is 21.8 Å². The molecule has 1 amide bonds. The minimum Gasteiger partial charge on any atom is -0.504 e. The smallest absolute Gasteiger partial charge is 0.269 e. The van der Waals surface area contributed by atoms with Crippen molar-refractivity contribution in [3.8, 4) is 34.3 Å². The fourth-order valence-electron chi connectivity index (χ4n) is 2.79. The highest BCUT2D eigenvalue weighted by molar-refractivity contribution is 9.10. The molecule has 1 aliphatic rings. The van der Waals surface area contributed by atoms with Gasteiger partial charge in [-0.25, -0.2) is 9.97 Å².